The van der Waals surface area contributed by atoms with Gasteiger partial charge in [0.25, 0.3) is 5.91 Å². The highest BCUT2D eigenvalue weighted by atomic mass is 32.1. The van der Waals surface area contributed by atoms with Crippen LogP contribution in [0.2, 0.25) is 0 Å². The molecule has 0 heterocycles. The molecule has 0 aliphatic heterocycles. The summed E-state index contributed by atoms with van der Waals surface area (Å²) < 4.78 is 38.5. The first-order chi connectivity index (χ1) is 11.6. The van der Waals surface area contributed by atoms with Crippen molar-refractivity contribution in [1.82, 2.24) is 5.32 Å². The number of phenolic OH excluding ortho intramolecular Hbond substituents is 1. The fourth-order valence-electron chi connectivity index (χ4n) is 2.16. The number of carbonyl (C=O) groups is 1. The molecular formula is C17H15F3N2O2S. The zero-order valence-electron chi connectivity index (χ0n) is 13.4. The Morgan fingerprint density at radius 1 is 1.08 bits per heavy atom. The Hall–Kier alpha value is -2.61. The Labute approximate surface area is 147 Å². The number of aryl methyl sites for hydroxylation is 2. The van der Waals surface area contributed by atoms with Gasteiger partial charge in [0.15, 0.2) is 5.11 Å². The molecule has 0 aromatic heterocycles. The summed E-state index contributed by atoms with van der Waals surface area (Å²) in [6.45, 7) is 3.27. The highest BCUT2D eigenvalue weighted by molar-refractivity contribution is 7.80. The van der Waals surface area contributed by atoms with E-state index in [4.69, 9.17) is 12.2 Å². The van der Waals surface area contributed by atoms with Crippen LogP contribution in [-0.2, 0) is 6.18 Å². The number of rotatable bonds is 2. The Morgan fingerprint density at radius 2 is 1.76 bits per heavy atom. The molecule has 8 heteroatoms. The van der Waals surface area contributed by atoms with Gasteiger partial charge in [-0.1, -0.05) is 6.07 Å². The van der Waals surface area contributed by atoms with Gasteiger partial charge in [-0.05, 0) is 67.5 Å². The maximum absolute atomic E-state index is 12.8. The van der Waals surface area contributed by atoms with Gasteiger partial charge in [-0.3, -0.25) is 10.1 Å². The van der Waals surface area contributed by atoms with Crippen molar-refractivity contribution in [1.29, 1.82) is 0 Å². The van der Waals surface area contributed by atoms with Crippen LogP contribution in [0.3, 0.4) is 0 Å². The van der Waals surface area contributed by atoms with Gasteiger partial charge in [0.2, 0.25) is 0 Å². The first-order valence-corrected chi connectivity index (χ1v) is 7.58. The minimum atomic E-state index is -4.55. The topological polar surface area (TPSA) is 61.4 Å². The molecule has 2 aromatic rings. The maximum atomic E-state index is 12.8. The van der Waals surface area contributed by atoms with Gasteiger partial charge < -0.3 is 10.4 Å². The number of thiocarbonyl (C=S) groups is 1. The summed E-state index contributed by atoms with van der Waals surface area (Å²) in [4.78, 5) is 12.2. The van der Waals surface area contributed by atoms with Gasteiger partial charge in [-0.2, -0.15) is 13.2 Å². The van der Waals surface area contributed by atoms with Crippen molar-refractivity contribution in [2.45, 2.75) is 20.0 Å². The number of hydrogen-bond acceptors (Lipinski definition) is 3. The lowest BCUT2D eigenvalue weighted by Gasteiger charge is -2.13. The molecule has 2 rings (SSSR count). The summed E-state index contributed by atoms with van der Waals surface area (Å²) in [6.07, 6.45) is -4.55. The Bertz CT molecular complexity index is 835. The molecule has 0 saturated heterocycles. The van der Waals surface area contributed by atoms with Crippen molar-refractivity contribution in [3.8, 4) is 5.75 Å². The van der Waals surface area contributed by atoms with Crippen LogP contribution in [0.4, 0.5) is 18.9 Å². The standard InChI is InChI=1S/C17H15F3N2O2S/c1-9-3-4-14(23)13(7-9)21-16(25)22-15(24)11-5-10(2)6-12(8-11)17(18,19)20/h3-8,23H,1-2H3,(H2,21,22,24,25). The normalized spacial score (nSPS) is 11.1. The monoisotopic (exact) mass is 368 g/mol. The molecule has 0 aliphatic carbocycles. The van der Waals surface area contributed by atoms with Crippen LogP contribution in [0.5, 0.6) is 5.75 Å². The molecule has 2 aromatic carbocycles. The minimum absolute atomic E-state index is 0.0721. The van der Waals surface area contributed by atoms with Gasteiger partial charge >= 0.3 is 6.18 Å². The minimum Gasteiger partial charge on any atom is -0.506 e. The molecular weight excluding hydrogens is 353 g/mol. The van der Waals surface area contributed by atoms with Crippen LogP contribution in [0.25, 0.3) is 0 Å². The number of alkyl halides is 3. The van der Waals surface area contributed by atoms with Crippen LogP contribution in [0.1, 0.15) is 27.0 Å². The number of aromatic hydroxyl groups is 1. The average Bonchev–Trinajstić information content (AvgIpc) is 2.49. The van der Waals surface area contributed by atoms with Gasteiger partial charge in [-0.25, -0.2) is 0 Å². The summed E-state index contributed by atoms with van der Waals surface area (Å²) in [5.41, 5.74) is 0.362. The number of hydrogen-bond donors (Lipinski definition) is 3. The molecule has 0 aliphatic rings. The number of amides is 1. The highest BCUT2D eigenvalue weighted by Crippen LogP contribution is 2.30. The lowest BCUT2D eigenvalue weighted by molar-refractivity contribution is -0.137. The van der Waals surface area contributed by atoms with E-state index in [-0.39, 0.29) is 22.1 Å². The molecule has 0 unspecified atom stereocenters. The molecule has 0 radical (unpaired) electrons. The van der Waals surface area contributed by atoms with Crippen molar-refractivity contribution >= 4 is 28.9 Å². The smallest absolute Gasteiger partial charge is 0.416 e. The summed E-state index contributed by atoms with van der Waals surface area (Å²) >= 11 is 4.98. The molecule has 0 spiro atoms. The Morgan fingerprint density at radius 3 is 2.40 bits per heavy atom. The SMILES string of the molecule is Cc1cc(C(=O)NC(=S)Nc2cc(C)ccc2O)cc(C(F)(F)F)c1. The van der Waals surface area contributed by atoms with E-state index in [2.05, 4.69) is 10.6 Å². The second-order valence-corrected chi connectivity index (χ2v) is 5.92. The molecule has 1 amide bonds. The van der Waals surface area contributed by atoms with Crippen molar-refractivity contribution in [2.75, 3.05) is 5.32 Å². The van der Waals surface area contributed by atoms with E-state index in [0.29, 0.717) is 5.56 Å². The van der Waals surface area contributed by atoms with Crippen molar-refractivity contribution in [2.24, 2.45) is 0 Å². The third-order valence-corrected chi connectivity index (χ3v) is 3.50. The largest absolute Gasteiger partial charge is 0.506 e. The van der Waals surface area contributed by atoms with E-state index in [1.54, 1.807) is 19.1 Å². The number of halogens is 3. The van der Waals surface area contributed by atoms with Crippen LogP contribution in [0, 0.1) is 13.8 Å². The second-order valence-electron chi connectivity index (χ2n) is 5.51. The third kappa shape index (κ3) is 4.93. The quantitative estimate of drug-likeness (QED) is 0.550. The number of nitrogens with one attached hydrogen (secondary N) is 2. The Kier molecular flexibility index (Phi) is 5.32. The zero-order valence-corrected chi connectivity index (χ0v) is 14.2. The summed E-state index contributed by atoms with van der Waals surface area (Å²) in [5, 5.41) is 14.5. The van der Waals surface area contributed by atoms with Gasteiger partial charge in [0.05, 0.1) is 11.3 Å². The van der Waals surface area contributed by atoms with Crippen LogP contribution >= 0.6 is 12.2 Å². The van der Waals surface area contributed by atoms with Crippen molar-refractivity contribution in [3.63, 3.8) is 0 Å². The molecule has 0 bridgehead atoms. The summed E-state index contributed by atoms with van der Waals surface area (Å²) in [6, 6.07) is 7.80. The fourth-order valence-corrected chi connectivity index (χ4v) is 2.36. The molecule has 0 fully saturated rings. The van der Waals surface area contributed by atoms with Crippen molar-refractivity contribution in [3.05, 3.63) is 58.7 Å². The molecule has 25 heavy (non-hydrogen) atoms. The van der Waals surface area contributed by atoms with E-state index in [9.17, 15) is 23.1 Å². The average molecular weight is 368 g/mol. The number of carbonyl (C=O) groups excluding carboxylic acids is 1. The predicted molar refractivity (Wildman–Crippen MR) is 92.7 cm³/mol. The van der Waals surface area contributed by atoms with Gasteiger partial charge in [0.1, 0.15) is 5.75 Å². The molecule has 0 saturated carbocycles. The van der Waals surface area contributed by atoms with E-state index in [1.165, 1.54) is 19.1 Å². The first kappa shape index (κ1) is 18.7. The second kappa shape index (κ2) is 7.10. The van der Waals surface area contributed by atoms with Crippen LogP contribution < -0.4 is 10.6 Å². The molecule has 132 valence electrons. The third-order valence-electron chi connectivity index (χ3n) is 3.29. The lowest BCUT2D eigenvalue weighted by atomic mass is 10.1. The van der Waals surface area contributed by atoms with E-state index < -0.39 is 17.6 Å². The van der Waals surface area contributed by atoms with Crippen LogP contribution in [0.15, 0.2) is 36.4 Å². The molecule has 0 atom stereocenters. The molecule has 4 nitrogen and oxygen atoms in total. The lowest BCUT2D eigenvalue weighted by Crippen LogP contribution is -2.34. The van der Waals surface area contributed by atoms with E-state index in [0.717, 1.165) is 17.7 Å². The maximum Gasteiger partial charge on any atom is 0.416 e. The highest BCUT2D eigenvalue weighted by Gasteiger charge is 2.31. The first-order valence-electron chi connectivity index (χ1n) is 7.17. The van der Waals surface area contributed by atoms with E-state index >= 15 is 0 Å². The number of benzene rings is 2. The molecule has 3 N–H and O–H groups in total. The Balaban J connectivity index is 2.15. The van der Waals surface area contributed by atoms with E-state index in [1.807, 2.05) is 0 Å². The predicted octanol–water partition coefficient (Wildman–Crippen LogP) is 4.15. The summed E-state index contributed by atoms with van der Waals surface area (Å²) in [7, 11) is 0. The van der Waals surface area contributed by atoms with Gasteiger partial charge in [0, 0.05) is 5.56 Å². The zero-order chi connectivity index (χ0) is 18.8. The fraction of sp³-hybridized carbons (Fsp3) is 0.176. The van der Waals surface area contributed by atoms with Crippen LogP contribution in [-0.4, -0.2) is 16.1 Å². The summed E-state index contributed by atoms with van der Waals surface area (Å²) in [5.74, 6) is -0.851. The van der Waals surface area contributed by atoms with Crippen molar-refractivity contribution < 1.29 is 23.1 Å². The number of phenols is 1. The van der Waals surface area contributed by atoms with Gasteiger partial charge in [-0.15, -0.1) is 0 Å². The number of anilines is 1.